The Hall–Kier alpha value is -3.35. The van der Waals surface area contributed by atoms with Crippen molar-refractivity contribution in [2.75, 3.05) is 25.5 Å². The number of amides is 2. The summed E-state index contributed by atoms with van der Waals surface area (Å²) in [6.07, 6.45) is 0.636. The number of nitrogens with one attached hydrogen (secondary N) is 1. The maximum absolute atomic E-state index is 12.3. The fraction of sp³-hybridized carbons (Fsp3) is 0.250. The molecular formula is C20H20N4O3. The Morgan fingerprint density at radius 2 is 2.04 bits per heavy atom. The molecule has 1 fully saturated rings. The normalized spacial score (nSPS) is 13.9. The van der Waals surface area contributed by atoms with Crippen LogP contribution in [0.25, 0.3) is 0 Å². The molecule has 0 bridgehead atoms. The average Bonchev–Trinajstić information content (AvgIpc) is 3.09. The summed E-state index contributed by atoms with van der Waals surface area (Å²) in [5.41, 5.74) is 1.84. The van der Waals surface area contributed by atoms with Crippen molar-refractivity contribution >= 4 is 11.7 Å². The van der Waals surface area contributed by atoms with Gasteiger partial charge in [0.15, 0.2) is 5.82 Å². The molecule has 2 heterocycles. The van der Waals surface area contributed by atoms with E-state index in [1.807, 2.05) is 48.5 Å². The zero-order valence-corrected chi connectivity index (χ0v) is 15.0. The highest BCUT2D eigenvalue weighted by molar-refractivity contribution is 5.90. The number of hydrogen-bond acceptors (Lipinski definition) is 5. The van der Waals surface area contributed by atoms with Gasteiger partial charge < -0.3 is 19.5 Å². The largest absolute Gasteiger partial charge is 0.497 e. The van der Waals surface area contributed by atoms with Crippen LogP contribution in [0.1, 0.15) is 23.2 Å². The molecule has 3 aromatic rings. The zero-order chi connectivity index (χ0) is 18.6. The van der Waals surface area contributed by atoms with Gasteiger partial charge >= 0.3 is 6.03 Å². The number of urea groups is 1. The van der Waals surface area contributed by atoms with Gasteiger partial charge in [0.05, 0.1) is 13.0 Å². The summed E-state index contributed by atoms with van der Waals surface area (Å²) >= 11 is 0. The summed E-state index contributed by atoms with van der Waals surface area (Å²) in [4.78, 5) is 18.5. The summed E-state index contributed by atoms with van der Waals surface area (Å²) < 4.78 is 10.5. The summed E-state index contributed by atoms with van der Waals surface area (Å²) in [7, 11) is 1.59. The molecule has 0 radical (unpaired) electrons. The molecule has 0 spiro atoms. The van der Waals surface area contributed by atoms with E-state index in [0.29, 0.717) is 42.7 Å². The molecule has 138 valence electrons. The van der Waals surface area contributed by atoms with Gasteiger partial charge in [-0.2, -0.15) is 4.98 Å². The highest BCUT2D eigenvalue weighted by Gasteiger charge is 2.35. The molecule has 0 saturated carbocycles. The lowest BCUT2D eigenvalue weighted by Gasteiger charge is -2.36. The standard InChI is InChI=1S/C20H20N4O3/c1-26-17-9-5-8-16(11-17)21-20(25)24-12-15(13-24)19-22-18(23-27-19)10-14-6-3-2-4-7-14/h2-9,11,15H,10,12-13H2,1H3,(H,21,25). The predicted molar refractivity (Wildman–Crippen MR) is 99.9 cm³/mol. The van der Waals surface area contributed by atoms with Crippen LogP contribution < -0.4 is 10.1 Å². The number of methoxy groups -OCH3 is 1. The van der Waals surface area contributed by atoms with Crippen LogP contribution in [0.5, 0.6) is 5.75 Å². The molecule has 0 aliphatic carbocycles. The second kappa shape index (κ2) is 7.49. The molecule has 2 aromatic carbocycles. The van der Waals surface area contributed by atoms with E-state index < -0.39 is 0 Å². The Kier molecular flexibility index (Phi) is 4.74. The van der Waals surface area contributed by atoms with E-state index in [1.165, 1.54) is 0 Å². The minimum atomic E-state index is -0.150. The van der Waals surface area contributed by atoms with Gasteiger partial charge in [-0.1, -0.05) is 41.6 Å². The Bertz CT molecular complexity index is 920. The van der Waals surface area contributed by atoms with E-state index in [2.05, 4.69) is 15.5 Å². The molecule has 2 amide bonds. The quantitative estimate of drug-likeness (QED) is 0.751. The number of anilines is 1. The Labute approximate surface area is 156 Å². The number of rotatable bonds is 5. The van der Waals surface area contributed by atoms with Crippen molar-refractivity contribution in [1.29, 1.82) is 0 Å². The minimum absolute atomic E-state index is 0.0816. The second-order valence-corrected chi connectivity index (χ2v) is 6.48. The number of carbonyl (C=O) groups excluding carboxylic acids is 1. The summed E-state index contributed by atoms with van der Waals surface area (Å²) in [5, 5.41) is 6.92. The second-order valence-electron chi connectivity index (χ2n) is 6.48. The highest BCUT2D eigenvalue weighted by Crippen LogP contribution is 2.27. The van der Waals surface area contributed by atoms with Crippen molar-refractivity contribution in [3.8, 4) is 5.75 Å². The molecule has 0 unspecified atom stereocenters. The van der Waals surface area contributed by atoms with Crippen LogP contribution >= 0.6 is 0 Å². The van der Waals surface area contributed by atoms with Crippen LogP contribution in [0.3, 0.4) is 0 Å². The number of benzene rings is 2. The molecular weight excluding hydrogens is 344 g/mol. The van der Waals surface area contributed by atoms with Gasteiger partial charge in [-0.15, -0.1) is 0 Å². The van der Waals surface area contributed by atoms with Crippen LogP contribution in [0.2, 0.25) is 0 Å². The number of nitrogens with zero attached hydrogens (tertiary/aromatic N) is 3. The SMILES string of the molecule is COc1cccc(NC(=O)N2CC(c3nc(Cc4ccccc4)no3)C2)c1. The van der Waals surface area contributed by atoms with E-state index in [1.54, 1.807) is 18.1 Å². The molecule has 7 heteroatoms. The zero-order valence-electron chi connectivity index (χ0n) is 15.0. The first kappa shape index (κ1) is 17.1. The third-order valence-corrected chi connectivity index (χ3v) is 4.53. The van der Waals surface area contributed by atoms with Gasteiger partial charge in [-0.3, -0.25) is 0 Å². The number of carbonyl (C=O) groups is 1. The van der Waals surface area contributed by atoms with Gasteiger partial charge in [0.1, 0.15) is 5.75 Å². The number of hydrogen-bond donors (Lipinski definition) is 1. The summed E-state index contributed by atoms with van der Waals surface area (Å²) in [6, 6.07) is 17.1. The summed E-state index contributed by atoms with van der Waals surface area (Å²) in [6.45, 7) is 1.12. The lowest BCUT2D eigenvalue weighted by molar-refractivity contribution is 0.147. The molecule has 1 aliphatic rings. The van der Waals surface area contributed by atoms with Crippen molar-refractivity contribution in [1.82, 2.24) is 15.0 Å². The van der Waals surface area contributed by atoms with E-state index >= 15 is 0 Å². The third-order valence-electron chi connectivity index (χ3n) is 4.53. The monoisotopic (exact) mass is 364 g/mol. The van der Waals surface area contributed by atoms with Crippen molar-refractivity contribution in [2.45, 2.75) is 12.3 Å². The smallest absolute Gasteiger partial charge is 0.321 e. The predicted octanol–water partition coefficient (Wildman–Crippen LogP) is 3.30. The van der Waals surface area contributed by atoms with E-state index in [0.717, 1.165) is 5.56 Å². The Morgan fingerprint density at radius 3 is 2.81 bits per heavy atom. The maximum atomic E-state index is 12.3. The van der Waals surface area contributed by atoms with E-state index in [9.17, 15) is 4.79 Å². The molecule has 1 N–H and O–H groups in total. The highest BCUT2D eigenvalue weighted by atomic mass is 16.5. The van der Waals surface area contributed by atoms with Crippen LogP contribution in [-0.4, -0.2) is 41.3 Å². The van der Waals surface area contributed by atoms with E-state index in [4.69, 9.17) is 9.26 Å². The Morgan fingerprint density at radius 1 is 1.22 bits per heavy atom. The summed E-state index contributed by atoms with van der Waals surface area (Å²) in [5.74, 6) is 2.03. The van der Waals surface area contributed by atoms with Crippen LogP contribution in [0.15, 0.2) is 59.1 Å². The maximum Gasteiger partial charge on any atom is 0.321 e. The van der Waals surface area contributed by atoms with Gasteiger partial charge in [0.2, 0.25) is 5.89 Å². The van der Waals surface area contributed by atoms with Crippen LogP contribution in [-0.2, 0) is 6.42 Å². The average molecular weight is 364 g/mol. The lowest BCUT2D eigenvalue weighted by Crippen LogP contribution is -2.50. The van der Waals surface area contributed by atoms with E-state index in [-0.39, 0.29) is 11.9 Å². The number of likely N-dealkylation sites (tertiary alicyclic amines) is 1. The topological polar surface area (TPSA) is 80.5 Å². The molecule has 7 nitrogen and oxygen atoms in total. The molecule has 1 saturated heterocycles. The fourth-order valence-corrected chi connectivity index (χ4v) is 2.99. The lowest BCUT2D eigenvalue weighted by atomic mass is 10.0. The molecule has 4 rings (SSSR count). The number of aromatic nitrogens is 2. The first-order valence-electron chi connectivity index (χ1n) is 8.77. The van der Waals surface area contributed by atoms with Crippen molar-refractivity contribution < 1.29 is 14.1 Å². The minimum Gasteiger partial charge on any atom is -0.497 e. The van der Waals surface area contributed by atoms with Crippen molar-refractivity contribution in [2.24, 2.45) is 0 Å². The molecule has 0 atom stereocenters. The van der Waals surface area contributed by atoms with Gasteiger partial charge in [-0.25, -0.2) is 4.79 Å². The van der Waals surface area contributed by atoms with Crippen molar-refractivity contribution in [3.63, 3.8) is 0 Å². The third kappa shape index (κ3) is 3.92. The van der Waals surface area contributed by atoms with Crippen LogP contribution in [0.4, 0.5) is 10.5 Å². The first-order valence-corrected chi connectivity index (χ1v) is 8.77. The van der Waals surface area contributed by atoms with Crippen molar-refractivity contribution in [3.05, 3.63) is 71.9 Å². The van der Waals surface area contributed by atoms with Gasteiger partial charge in [0, 0.05) is 31.3 Å². The molecule has 1 aromatic heterocycles. The molecule has 27 heavy (non-hydrogen) atoms. The van der Waals surface area contributed by atoms with Crippen LogP contribution in [0, 0.1) is 0 Å². The Balaban J connectivity index is 1.31. The number of ether oxygens (including phenoxy) is 1. The first-order chi connectivity index (χ1) is 13.2. The fourth-order valence-electron chi connectivity index (χ4n) is 2.99. The van der Waals surface area contributed by atoms with Gasteiger partial charge in [0.25, 0.3) is 0 Å². The molecule has 1 aliphatic heterocycles. The van der Waals surface area contributed by atoms with Gasteiger partial charge in [-0.05, 0) is 17.7 Å².